The predicted molar refractivity (Wildman–Crippen MR) is 123 cm³/mol. The van der Waals surface area contributed by atoms with Crippen LogP contribution >= 0.6 is 0 Å². The van der Waals surface area contributed by atoms with E-state index in [0.717, 1.165) is 28.0 Å². The normalized spacial score (nSPS) is 12.6. The summed E-state index contributed by atoms with van der Waals surface area (Å²) in [7, 11) is -0.414. The summed E-state index contributed by atoms with van der Waals surface area (Å²) in [5, 5.41) is 11.2. The highest BCUT2D eigenvalue weighted by molar-refractivity contribution is 6.90. The highest BCUT2D eigenvalue weighted by Crippen LogP contribution is 2.32. The fourth-order valence-corrected chi connectivity index (χ4v) is 4.74. The minimum atomic E-state index is -2.05. The SMILES string of the molecule is COc1ccc(C(O)/C(=C/[Si](C)(C)C#Cc2ccccc2)c2ccccc2)cc1. The Hall–Kier alpha value is -3.06. The second-order valence-corrected chi connectivity index (χ2v) is 11.5. The molecule has 0 saturated heterocycles. The van der Waals surface area contributed by atoms with Gasteiger partial charge in [0.25, 0.3) is 0 Å². The lowest BCUT2D eigenvalue weighted by Crippen LogP contribution is -2.22. The second kappa shape index (κ2) is 9.42. The Balaban J connectivity index is 1.99. The largest absolute Gasteiger partial charge is 0.497 e. The number of hydrogen-bond acceptors (Lipinski definition) is 2. The number of aliphatic hydroxyl groups is 1. The summed E-state index contributed by atoms with van der Waals surface area (Å²) in [6, 6.07) is 27.6. The maximum Gasteiger partial charge on any atom is 0.156 e. The van der Waals surface area contributed by atoms with Crippen LogP contribution in [0.3, 0.4) is 0 Å². The van der Waals surface area contributed by atoms with Crippen molar-refractivity contribution in [1.82, 2.24) is 0 Å². The molecule has 0 saturated carbocycles. The molecule has 0 fully saturated rings. The Morgan fingerprint density at radius 1 is 0.897 bits per heavy atom. The van der Waals surface area contributed by atoms with Crippen LogP contribution < -0.4 is 4.74 Å². The molecule has 3 heteroatoms. The summed E-state index contributed by atoms with van der Waals surface area (Å²) in [4.78, 5) is 0. The van der Waals surface area contributed by atoms with Gasteiger partial charge >= 0.3 is 0 Å². The van der Waals surface area contributed by atoms with Crippen LogP contribution in [0.2, 0.25) is 13.1 Å². The van der Waals surface area contributed by atoms with Gasteiger partial charge < -0.3 is 9.84 Å². The van der Waals surface area contributed by atoms with E-state index in [0.29, 0.717) is 0 Å². The second-order valence-electron chi connectivity index (χ2n) is 7.48. The number of rotatable bonds is 5. The molecule has 0 amide bonds. The van der Waals surface area contributed by atoms with E-state index >= 15 is 0 Å². The Bertz CT molecular complexity index is 1010. The molecule has 0 aliphatic rings. The minimum Gasteiger partial charge on any atom is -0.497 e. The zero-order valence-electron chi connectivity index (χ0n) is 17.1. The van der Waals surface area contributed by atoms with Gasteiger partial charge in [-0.1, -0.05) is 85.4 Å². The van der Waals surface area contributed by atoms with Gasteiger partial charge in [-0.2, -0.15) is 0 Å². The Morgan fingerprint density at radius 3 is 2.07 bits per heavy atom. The molecule has 0 aliphatic carbocycles. The summed E-state index contributed by atoms with van der Waals surface area (Å²) >= 11 is 0. The summed E-state index contributed by atoms with van der Waals surface area (Å²) in [6.45, 7) is 4.40. The molecule has 0 heterocycles. The lowest BCUT2D eigenvalue weighted by atomic mass is 9.96. The monoisotopic (exact) mass is 398 g/mol. The van der Waals surface area contributed by atoms with Gasteiger partial charge in [0, 0.05) is 5.56 Å². The fourth-order valence-electron chi connectivity index (χ4n) is 3.10. The summed E-state index contributed by atoms with van der Waals surface area (Å²) in [5.41, 5.74) is 9.44. The van der Waals surface area contributed by atoms with Crippen molar-refractivity contribution in [2.24, 2.45) is 0 Å². The van der Waals surface area contributed by atoms with Crippen molar-refractivity contribution < 1.29 is 9.84 Å². The molecule has 3 aromatic carbocycles. The highest BCUT2D eigenvalue weighted by atomic mass is 28.3. The van der Waals surface area contributed by atoms with Crippen LogP contribution in [0.1, 0.15) is 22.8 Å². The van der Waals surface area contributed by atoms with E-state index in [1.165, 1.54) is 0 Å². The average molecular weight is 399 g/mol. The van der Waals surface area contributed by atoms with Gasteiger partial charge in [-0.05, 0) is 41.0 Å². The van der Waals surface area contributed by atoms with Crippen LogP contribution in [0.5, 0.6) is 5.75 Å². The van der Waals surface area contributed by atoms with E-state index < -0.39 is 14.2 Å². The number of aliphatic hydroxyl groups excluding tert-OH is 1. The molecular formula is C26H26O2Si. The lowest BCUT2D eigenvalue weighted by molar-refractivity contribution is 0.238. The van der Waals surface area contributed by atoms with Crippen molar-refractivity contribution in [3.63, 3.8) is 0 Å². The van der Waals surface area contributed by atoms with Crippen LogP contribution in [0.4, 0.5) is 0 Å². The van der Waals surface area contributed by atoms with Gasteiger partial charge in [0.2, 0.25) is 0 Å². The molecular weight excluding hydrogens is 372 g/mol. The molecule has 0 spiro atoms. The van der Waals surface area contributed by atoms with Crippen molar-refractivity contribution >= 4 is 13.6 Å². The van der Waals surface area contributed by atoms with E-state index in [1.54, 1.807) is 7.11 Å². The van der Waals surface area contributed by atoms with Gasteiger partial charge in [0.1, 0.15) is 11.9 Å². The van der Waals surface area contributed by atoms with Crippen molar-refractivity contribution in [3.8, 4) is 17.2 Å². The molecule has 0 radical (unpaired) electrons. The fraction of sp³-hybridized carbons (Fsp3) is 0.154. The van der Waals surface area contributed by atoms with Crippen molar-refractivity contribution in [1.29, 1.82) is 0 Å². The third-order valence-electron chi connectivity index (χ3n) is 4.65. The smallest absolute Gasteiger partial charge is 0.156 e. The van der Waals surface area contributed by atoms with E-state index in [1.807, 2.05) is 84.9 Å². The predicted octanol–water partition coefficient (Wildman–Crippen LogP) is 5.65. The average Bonchev–Trinajstić information content (AvgIpc) is 2.77. The molecule has 1 unspecified atom stereocenters. The quantitative estimate of drug-likeness (QED) is 0.444. The first-order valence-electron chi connectivity index (χ1n) is 9.67. The third kappa shape index (κ3) is 5.71. The zero-order valence-corrected chi connectivity index (χ0v) is 18.1. The highest BCUT2D eigenvalue weighted by Gasteiger charge is 2.22. The van der Waals surface area contributed by atoms with E-state index in [-0.39, 0.29) is 0 Å². The van der Waals surface area contributed by atoms with Crippen molar-refractivity contribution in [2.45, 2.75) is 19.2 Å². The van der Waals surface area contributed by atoms with E-state index in [9.17, 15) is 5.11 Å². The van der Waals surface area contributed by atoms with Crippen LogP contribution in [-0.4, -0.2) is 20.3 Å². The number of ether oxygens (including phenoxy) is 1. The van der Waals surface area contributed by atoms with E-state index in [2.05, 4.69) is 30.3 Å². The third-order valence-corrected chi connectivity index (χ3v) is 6.45. The number of benzene rings is 3. The van der Waals surface area contributed by atoms with Crippen LogP contribution in [0, 0.1) is 11.5 Å². The van der Waals surface area contributed by atoms with Crippen LogP contribution in [-0.2, 0) is 0 Å². The molecule has 0 bridgehead atoms. The molecule has 0 aliphatic heterocycles. The molecule has 1 N–H and O–H groups in total. The molecule has 3 aromatic rings. The maximum atomic E-state index is 11.2. The van der Waals surface area contributed by atoms with Crippen LogP contribution in [0.15, 0.2) is 90.6 Å². The van der Waals surface area contributed by atoms with Crippen LogP contribution in [0.25, 0.3) is 5.57 Å². The Labute approximate surface area is 174 Å². The van der Waals surface area contributed by atoms with Crippen molar-refractivity contribution in [2.75, 3.05) is 7.11 Å². The molecule has 0 aromatic heterocycles. The van der Waals surface area contributed by atoms with Gasteiger partial charge in [-0.25, -0.2) is 0 Å². The number of methoxy groups -OCH3 is 1. The minimum absolute atomic E-state index is 0.728. The molecule has 146 valence electrons. The van der Waals surface area contributed by atoms with E-state index in [4.69, 9.17) is 4.74 Å². The summed E-state index contributed by atoms with van der Waals surface area (Å²) in [6.07, 6.45) is -0.728. The maximum absolute atomic E-state index is 11.2. The van der Waals surface area contributed by atoms with Gasteiger partial charge in [0.15, 0.2) is 8.07 Å². The topological polar surface area (TPSA) is 29.5 Å². The van der Waals surface area contributed by atoms with Gasteiger partial charge in [0.05, 0.1) is 7.11 Å². The molecule has 29 heavy (non-hydrogen) atoms. The van der Waals surface area contributed by atoms with Crippen molar-refractivity contribution in [3.05, 3.63) is 107 Å². The molecule has 3 rings (SSSR count). The Morgan fingerprint density at radius 2 is 1.48 bits per heavy atom. The first-order chi connectivity index (χ1) is 14.0. The first kappa shape index (κ1) is 20.7. The Kier molecular flexibility index (Phi) is 6.72. The summed E-state index contributed by atoms with van der Waals surface area (Å²) in [5.74, 6) is 4.08. The summed E-state index contributed by atoms with van der Waals surface area (Å²) < 4.78 is 5.24. The number of hydrogen-bond donors (Lipinski definition) is 1. The molecule has 2 nitrogen and oxygen atoms in total. The van der Waals surface area contributed by atoms with Gasteiger partial charge in [-0.3, -0.25) is 0 Å². The molecule has 1 atom stereocenters. The lowest BCUT2D eigenvalue weighted by Gasteiger charge is -2.20. The van der Waals surface area contributed by atoms with Gasteiger partial charge in [-0.15, -0.1) is 5.54 Å². The zero-order chi connectivity index (χ0) is 20.7. The first-order valence-corrected chi connectivity index (χ1v) is 12.7. The standard InChI is InChI=1S/C26H26O2Si/c1-28-24-16-14-23(15-17-24)26(27)25(22-12-8-5-9-13-22)20-29(2,3)19-18-21-10-6-4-7-11-21/h4-17,20,26-27H,1-3H3/b25-20+.